The minimum atomic E-state index is -3.16. The number of sulfonamides is 1. The number of benzene rings is 1. The minimum Gasteiger partial charge on any atom is -0.309 e. The molecular formula is C14H20F2N2O2S. The van der Waals surface area contributed by atoms with E-state index in [1.165, 1.54) is 22.7 Å². The van der Waals surface area contributed by atoms with Crippen LogP contribution in [0.4, 0.5) is 8.78 Å². The van der Waals surface area contributed by atoms with Crippen molar-refractivity contribution in [2.24, 2.45) is 5.92 Å². The van der Waals surface area contributed by atoms with Gasteiger partial charge in [-0.25, -0.2) is 21.5 Å². The minimum absolute atomic E-state index is 0.118. The molecule has 1 aliphatic rings. The highest BCUT2D eigenvalue weighted by Crippen LogP contribution is 2.20. The van der Waals surface area contributed by atoms with E-state index in [1.54, 1.807) is 0 Å². The number of rotatable bonds is 4. The molecule has 1 N–H and O–H groups in total. The highest BCUT2D eigenvalue weighted by Gasteiger charge is 2.30. The molecule has 4 nitrogen and oxygen atoms in total. The highest BCUT2D eigenvalue weighted by atomic mass is 32.2. The molecule has 0 aromatic heterocycles. The first-order valence-electron chi connectivity index (χ1n) is 6.90. The molecule has 0 radical (unpaired) electrons. The molecule has 0 bridgehead atoms. The van der Waals surface area contributed by atoms with E-state index in [9.17, 15) is 17.2 Å². The molecular weight excluding hydrogens is 298 g/mol. The number of piperidine rings is 1. The van der Waals surface area contributed by atoms with E-state index in [1.807, 2.05) is 6.92 Å². The number of halogens is 2. The summed E-state index contributed by atoms with van der Waals surface area (Å²) in [6.07, 6.45) is 1.89. The van der Waals surface area contributed by atoms with Crippen LogP contribution in [0, 0.1) is 17.6 Å². The van der Waals surface area contributed by atoms with Gasteiger partial charge in [0.05, 0.1) is 6.26 Å². The molecule has 0 spiro atoms. The third-order valence-electron chi connectivity index (χ3n) is 3.91. The summed E-state index contributed by atoms with van der Waals surface area (Å²) in [4.78, 5) is 0. The molecule has 1 saturated heterocycles. The lowest BCUT2D eigenvalue weighted by molar-refractivity contribution is 0.219. The predicted octanol–water partition coefficient (Wildman–Crippen LogP) is 1.72. The van der Waals surface area contributed by atoms with Crippen molar-refractivity contribution in [1.82, 2.24) is 9.62 Å². The average molecular weight is 318 g/mol. The summed E-state index contributed by atoms with van der Waals surface area (Å²) in [5.74, 6) is -1.02. The largest absolute Gasteiger partial charge is 0.309 e. The second-order valence-electron chi connectivity index (χ2n) is 5.61. The summed E-state index contributed by atoms with van der Waals surface area (Å²) in [6.45, 7) is 3.20. The van der Waals surface area contributed by atoms with Crippen molar-refractivity contribution < 1.29 is 17.2 Å². The van der Waals surface area contributed by atoms with Crippen LogP contribution in [-0.2, 0) is 16.6 Å². The molecule has 1 fully saturated rings. The van der Waals surface area contributed by atoms with Gasteiger partial charge in [0.25, 0.3) is 0 Å². The molecule has 1 heterocycles. The van der Waals surface area contributed by atoms with E-state index in [4.69, 9.17) is 0 Å². The van der Waals surface area contributed by atoms with Gasteiger partial charge in [-0.2, -0.15) is 0 Å². The normalized spacial score (nSPS) is 24.2. The zero-order chi connectivity index (χ0) is 15.6. The van der Waals surface area contributed by atoms with Gasteiger partial charge in [0, 0.05) is 37.3 Å². The fraction of sp³-hybridized carbons (Fsp3) is 0.571. The highest BCUT2D eigenvalue weighted by molar-refractivity contribution is 7.88. The van der Waals surface area contributed by atoms with Crippen LogP contribution in [0.5, 0.6) is 0 Å². The molecule has 0 saturated carbocycles. The van der Waals surface area contributed by atoms with Crippen molar-refractivity contribution in [3.05, 3.63) is 35.4 Å². The third-order valence-corrected chi connectivity index (χ3v) is 5.18. The quantitative estimate of drug-likeness (QED) is 0.920. The predicted molar refractivity (Wildman–Crippen MR) is 77.2 cm³/mol. The summed E-state index contributed by atoms with van der Waals surface area (Å²) >= 11 is 0. The summed E-state index contributed by atoms with van der Waals surface area (Å²) < 4.78 is 50.9. The molecule has 2 rings (SSSR count). The summed E-state index contributed by atoms with van der Waals surface area (Å²) in [7, 11) is -3.16. The van der Waals surface area contributed by atoms with Crippen molar-refractivity contribution in [3.8, 4) is 0 Å². The molecule has 1 aromatic rings. The van der Waals surface area contributed by atoms with Crippen molar-refractivity contribution in [2.45, 2.75) is 25.9 Å². The summed E-state index contributed by atoms with van der Waals surface area (Å²) in [5, 5.41) is 3.24. The number of hydrogen-bond acceptors (Lipinski definition) is 3. The Morgan fingerprint density at radius 3 is 2.67 bits per heavy atom. The lowest BCUT2D eigenvalue weighted by Crippen LogP contribution is -2.49. The monoisotopic (exact) mass is 318 g/mol. The Morgan fingerprint density at radius 2 is 2.10 bits per heavy atom. The Morgan fingerprint density at radius 1 is 1.38 bits per heavy atom. The van der Waals surface area contributed by atoms with Crippen LogP contribution >= 0.6 is 0 Å². The number of hydrogen-bond donors (Lipinski definition) is 1. The molecule has 1 aromatic carbocycles. The van der Waals surface area contributed by atoms with Crippen LogP contribution in [0.25, 0.3) is 0 Å². The Balaban J connectivity index is 1.93. The lowest BCUT2D eigenvalue weighted by atomic mass is 9.95. The third kappa shape index (κ3) is 4.21. The first-order chi connectivity index (χ1) is 9.77. The van der Waals surface area contributed by atoms with Crippen LogP contribution in [0.15, 0.2) is 18.2 Å². The van der Waals surface area contributed by atoms with Crippen LogP contribution in [0.1, 0.15) is 18.9 Å². The fourth-order valence-corrected chi connectivity index (χ4v) is 3.56. The molecule has 1 aliphatic heterocycles. The smallest absolute Gasteiger partial charge is 0.211 e. The van der Waals surface area contributed by atoms with Gasteiger partial charge in [0.2, 0.25) is 10.0 Å². The van der Waals surface area contributed by atoms with Gasteiger partial charge in [0.15, 0.2) is 0 Å². The van der Waals surface area contributed by atoms with Gasteiger partial charge in [-0.05, 0) is 18.4 Å². The number of nitrogens with one attached hydrogen (secondary N) is 1. The molecule has 0 amide bonds. The van der Waals surface area contributed by atoms with Crippen molar-refractivity contribution >= 4 is 10.0 Å². The maximum absolute atomic E-state index is 13.6. The summed E-state index contributed by atoms with van der Waals surface area (Å²) in [6, 6.07) is 3.64. The van der Waals surface area contributed by atoms with E-state index in [2.05, 4.69) is 5.32 Å². The first-order valence-corrected chi connectivity index (χ1v) is 8.74. The van der Waals surface area contributed by atoms with Gasteiger partial charge in [-0.15, -0.1) is 0 Å². The van der Waals surface area contributed by atoms with Crippen molar-refractivity contribution in [1.29, 1.82) is 0 Å². The van der Waals surface area contributed by atoms with Crippen molar-refractivity contribution in [2.75, 3.05) is 19.3 Å². The molecule has 7 heteroatoms. The first kappa shape index (κ1) is 16.3. The van der Waals surface area contributed by atoms with Crippen LogP contribution in [0.3, 0.4) is 0 Å². The van der Waals surface area contributed by atoms with Crippen LogP contribution in [-0.4, -0.2) is 38.1 Å². The standard InChI is InChI=1S/C14H20F2N2O2S/c1-10-9-18(21(2,19)20)6-5-14(10)17-8-11-3-4-12(15)7-13(11)16/h3-4,7,10,14,17H,5-6,8-9H2,1-2H3/t10-,14+/m1/s1. The maximum Gasteiger partial charge on any atom is 0.211 e. The fourth-order valence-electron chi connectivity index (χ4n) is 2.62. The van der Waals surface area contributed by atoms with Gasteiger partial charge in [-0.1, -0.05) is 13.0 Å². The van der Waals surface area contributed by atoms with Gasteiger partial charge < -0.3 is 5.32 Å². The van der Waals surface area contributed by atoms with Gasteiger partial charge >= 0.3 is 0 Å². The van der Waals surface area contributed by atoms with E-state index >= 15 is 0 Å². The lowest BCUT2D eigenvalue weighted by Gasteiger charge is -2.36. The van der Waals surface area contributed by atoms with E-state index < -0.39 is 21.7 Å². The second kappa shape index (κ2) is 6.37. The zero-order valence-electron chi connectivity index (χ0n) is 12.1. The van der Waals surface area contributed by atoms with Crippen molar-refractivity contribution in [3.63, 3.8) is 0 Å². The number of nitrogens with zero attached hydrogens (tertiary/aromatic N) is 1. The van der Waals surface area contributed by atoms with E-state index in [0.29, 0.717) is 31.6 Å². The van der Waals surface area contributed by atoms with E-state index in [0.717, 1.165) is 6.07 Å². The maximum atomic E-state index is 13.6. The topological polar surface area (TPSA) is 49.4 Å². The van der Waals surface area contributed by atoms with Crippen LogP contribution in [0.2, 0.25) is 0 Å². The molecule has 2 atom stereocenters. The summed E-state index contributed by atoms with van der Waals surface area (Å²) in [5.41, 5.74) is 0.411. The Labute approximate surface area is 124 Å². The molecule has 0 unspecified atom stereocenters. The van der Waals surface area contributed by atoms with Gasteiger partial charge in [0.1, 0.15) is 11.6 Å². The second-order valence-corrected chi connectivity index (χ2v) is 7.59. The SMILES string of the molecule is C[C@@H]1CN(S(C)(=O)=O)CC[C@@H]1NCc1ccc(F)cc1F. The Hall–Kier alpha value is -1.05. The van der Waals surface area contributed by atoms with Gasteiger partial charge in [-0.3, -0.25) is 0 Å². The molecule has 118 valence electrons. The zero-order valence-corrected chi connectivity index (χ0v) is 13.0. The van der Waals surface area contributed by atoms with Crippen LogP contribution < -0.4 is 5.32 Å². The Bertz CT molecular complexity index is 607. The molecule has 21 heavy (non-hydrogen) atoms. The molecule has 0 aliphatic carbocycles. The van der Waals surface area contributed by atoms with E-state index in [-0.39, 0.29) is 12.0 Å². The average Bonchev–Trinajstić information content (AvgIpc) is 2.38. The Kier molecular flexibility index (Phi) is 4.95.